The molecule has 0 aliphatic carbocycles. The Balaban J connectivity index is 1.69. The van der Waals surface area contributed by atoms with Gasteiger partial charge in [-0.1, -0.05) is 18.2 Å². The summed E-state index contributed by atoms with van der Waals surface area (Å²) in [5.41, 5.74) is 2.56. The van der Waals surface area contributed by atoms with Crippen LogP contribution in [0.15, 0.2) is 48.8 Å². The Bertz CT molecular complexity index is 585. The summed E-state index contributed by atoms with van der Waals surface area (Å²) in [6.07, 6.45) is 9.93. The summed E-state index contributed by atoms with van der Waals surface area (Å²) in [6, 6.07) is 13.2. The third-order valence-electron chi connectivity index (χ3n) is 4.54. The number of benzene rings is 1. The Morgan fingerprint density at radius 2 is 2.09 bits per heavy atom. The van der Waals surface area contributed by atoms with Crippen LogP contribution in [-0.4, -0.2) is 24.7 Å². The summed E-state index contributed by atoms with van der Waals surface area (Å²) in [6.45, 7) is 1.14. The van der Waals surface area contributed by atoms with Crippen molar-refractivity contribution < 1.29 is 4.74 Å². The number of nitrogens with zero attached hydrogens (tertiary/aromatic N) is 2. The molecule has 0 N–H and O–H groups in total. The van der Waals surface area contributed by atoms with Gasteiger partial charge in [0.05, 0.1) is 19.0 Å². The smallest absolute Gasteiger partial charge is 0.122 e. The van der Waals surface area contributed by atoms with E-state index in [1.165, 1.54) is 30.5 Å². The van der Waals surface area contributed by atoms with E-state index >= 15 is 0 Å². The summed E-state index contributed by atoms with van der Waals surface area (Å²) >= 11 is 0. The molecule has 2 aromatic rings. The molecule has 0 saturated carbocycles. The lowest BCUT2D eigenvalue weighted by atomic mass is 9.95. The zero-order valence-electron chi connectivity index (χ0n) is 13.2. The van der Waals surface area contributed by atoms with Crippen LogP contribution in [0.5, 0.6) is 5.75 Å². The van der Waals surface area contributed by atoms with Crippen LogP contribution in [0.4, 0.5) is 5.69 Å². The highest BCUT2D eigenvalue weighted by Crippen LogP contribution is 2.28. The molecule has 3 heteroatoms. The van der Waals surface area contributed by atoms with Gasteiger partial charge in [0.25, 0.3) is 0 Å². The predicted molar refractivity (Wildman–Crippen MR) is 90.5 cm³/mol. The van der Waals surface area contributed by atoms with Gasteiger partial charge in [0.15, 0.2) is 0 Å². The molecule has 1 aromatic carbocycles. The van der Waals surface area contributed by atoms with Crippen molar-refractivity contribution in [2.45, 2.75) is 38.1 Å². The number of rotatable bonds is 5. The molecule has 0 bridgehead atoms. The van der Waals surface area contributed by atoms with Crippen molar-refractivity contribution in [1.29, 1.82) is 0 Å². The average molecular weight is 296 g/mol. The number of aryl methyl sites for hydroxylation is 1. The lowest BCUT2D eigenvalue weighted by molar-refractivity contribution is 0.403. The molecule has 1 aliphatic rings. The quantitative estimate of drug-likeness (QED) is 0.831. The van der Waals surface area contributed by atoms with E-state index in [0.29, 0.717) is 6.04 Å². The van der Waals surface area contributed by atoms with Crippen LogP contribution < -0.4 is 9.64 Å². The molecule has 116 valence electrons. The van der Waals surface area contributed by atoms with Gasteiger partial charge < -0.3 is 9.64 Å². The SMILES string of the molecule is COc1ccccc1CC[C@@H]1CCCCN1c1cccnc1. The van der Waals surface area contributed by atoms with Gasteiger partial charge in [-0.25, -0.2) is 0 Å². The molecular weight excluding hydrogens is 272 g/mol. The maximum atomic E-state index is 5.47. The first-order chi connectivity index (χ1) is 10.9. The molecule has 0 unspecified atom stereocenters. The fourth-order valence-corrected chi connectivity index (χ4v) is 3.40. The van der Waals surface area contributed by atoms with E-state index in [1.54, 1.807) is 7.11 Å². The molecule has 2 heterocycles. The predicted octanol–water partition coefficient (Wildman–Crippen LogP) is 4.08. The Morgan fingerprint density at radius 1 is 1.18 bits per heavy atom. The van der Waals surface area contributed by atoms with Crippen molar-refractivity contribution in [1.82, 2.24) is 4.98 Å². The number of piperidine rings is 1. The van der Waals surface area contributed by atoms with Crippen LogP contribution in [-0.2, 0) is 6.42 Å². The molecule has 1 saturated heterocycles. The fourth-order valence-electron chi connectivity index (χ4n) is 3.40. The second kappa shape index (κ2) is 7.30. The minimum absolute atomic E-state index is 0.600. The minimum atomic E-state index is 0.600. The van der Waals surface area contributed by atoms with Crippen LogP contribution in [0.2, 0.25) is 0 Å². The Morgan fingerprint density at radius 3 is 2.91 bits per heavy atom. The highest BCUT2D eigenvalue weighted by Gasteiger charge is 2.22. The number of methoxy groups -OCH3 is 1. The molecular formula is C19H24N2O. The second-order valence-electron chi connectivity index (χ2n) is 5.90. The summed E-state index contributed by atoms with van der Waals surface area (Å²) in [5.74, 6) is 1.01. The first-order valence-corrected chi connectivity index (χ1v) is 8.17. The third-order valence-corrected chi connectivity index (χ3v) is 4.54. The van der Waals surface area contributed by atoms with Gasteiger partial charge >= 0.3 is 0 Å². The number of anilines is 1. The molecule has 22 heavy (non-hydrogen) atoms. The molecule has 1 aromatic heterocycles. The first-order valence-electron chi connectivity index (χ1n) is 8.17. The monoisotopic (exact) mass is 296 g/mol. The van der Waals surface area contributed by atoms with E-state index in [1.807, 2.05) is 24.5 Å². The number of para-hydroxylation sites is 1. The number of aromatic nitrogens is 1. The topological polar surface area (TPSA) is 25.4 Å². The summed E-state index contributed by atoms with van der Waals surface area (Å²) < 4.78 is 5.47. The lowest BCUT2D eigenvalue weighted by Crippen LogP contribution is -2.39. The van der Waals surface area contributed by atoms with Crippen molar-refractivity contribution in [2.75, 3.05) is 18.6 Å². The highest BCUT2D eigenvalue weighted by molar-refractivity contribution is 5.45. The summed E-state index contributed by atoms with van der Waals surface area (Å²) in [7, 11) is 1.75. The van der Waals surface area contributed by atoms with Crippen LogP contribution in [0.1, 0.15) is 31.2 Å². The maximum absolute atomic E-state index is 5.47. The highest BCUT2D eigenvalue weighted by atomic mass is 16.5. The van der Waals surface area contributed by atoms with Crippen LogP contribution in [0.3, 0.4) is 0 Å². The van der Waals surface area contributed by atoms with Crippen LogP contribution >= 0.6 is 0 Å². The van der Waals surface area contributed by atoms with Gasteiger partial charge in [0.1, 0.15) is 5.75 Å². The van der Waals surface area contributed by atoms with Gasteiger partial charge in [-0.05, 0) is 55.9 Å². The molecule has 0 amide bonds. The minimum Gasteiger partial charge on any atom is -0.496 e. The van der Waals surface area contributed by atoms with Crippen LogP contribution in [0, 0.1) is 0 Å². The van der Waals surface area contributed by atoms with Crippen molar-refractivity contribution in [3.63, 3.8) is 0 Å². The Hall–Kier alpha value is -2.03. The lowest BCUT2D eigenvalue weighted by Gasteiger charge is -2.37. The summed E-state index contributed by atoms with van der Waals surface area (Å²) in [5, 5.41) is 0. The van der Waals surface area contributed by atoms with Gasteiger partial charge in [-0.2, -0.15) is 0 Å². The van der Waals surface area contributed by atoms with Crippen molar-refractivity contribution >= 4 is 5.69 Å². The average Bonchev–Trinajstić information content (AvgIpc) is 2.61. The third kappa shape index (κ3) is 3.41. The molecule has 1 aliphatic heterocycles. The fraction of sp³-hybridized carbons (Fsp3) is 0.421. The molecule has 0 spiro atoms. The standard InChI is InChI=1S/C19H24N2O/c1-22-19-10-3-2-7-16(19)11-12-17-8-4-5-14-21(17)18-9-6-13-20-15-18/h2-3,6-7,9-10,13,15,17H,4-5,8,11-12,14H2,1H3/t17-/m0/s1. The zero-order chi connectivity index (χ0) is 15.2. The number of pyridine rings is 1. The van der Waals surface area contributed by atoms with Gasteiger partial charge in [0.2, 0.25) is 0 Å². The van der Waals surface area contributed by atoms with E-state index in [-0.39, 0.29) is 0 Å². The first kappa shape index (κ1) is 14.9. The van der Waals surface area contributed by atoms with Crippen molar-refractivity contribution in [2.24, 2.45) is 0 Å². The van der Waals surface area contributed by atoms with Crippen LogP contribution in [0.25, 0.3) is 0 Å². The Labute approximate surface area is 132 Å². The zero-order valence-corrected chi connectivity index (χ0v) is 13.2. The van der Waals surface area contributed by atoms with Gasteiger partial charge in [-0.3, -0.25) is 4.98 Å². The number of hydrogen-bond acceptors (Lipinski definition) is 3. The molecule has 0 radical (unpaired) electrons. The Kier molecular flexibility index (Phi) is 4.94. The molecule has 1 atom stereocenters. The maximum Gasteiger partial charge on any atom is 0.122 e. The molecule has 1 fully saturated rings. The van der Waals surface area contributed by atoms with Gasteiger partial charge in [-0.15, -0.1) is 0 Å². The van der Waals surface area contributed by atoms with Crippen molar-refractivity contribution in [3.8, 4) is 5.75 Å². The number of hydrogen-bond donors (Lipinski definition) is 0. The number of ether oxygens (including phenoxy) is 1. The molecule has 3 nitrogen and oxygen atoms in total. The normalized spacial score (nSPS) is 18.2. The van der Waals surface area contributed by atoms with E-state index in [9.17, 15) is 0 Å². The van der Waals surface area contributed by atoms with E-state index in [2.05, 4.69) is 34.1 Å². The summed E-state index contributed by atoms with van der Waals surface area (Å²) in [4.78, 5) is 6.81. The second-order valence-corrected chi connectivity index (χ2v) is 5.90. The van der Waals surface area contributed by atoms with E-state index in [0.717, 1.165) is 25.1 Å². The van der Waals surface area contributed by atoms with Crippen molar-refractivity contribution in [3.05, 3.63) is 54.4 Å². The van der Waals surface area contributed by atoms with E-state index < -0.39 is 0 Å². The van der Waals surface area contributed by atoms with E-state index in [4.69, 9.17) is 4.74 Å². The molecule has 3 rings (SSSR count). The van der Waals surface area contributed by atoms with Gasteiger partial charge in [0, 0.05) is 18.8 Å². The largest absolute Gasteiger partial charge is 0.496 e.